The first-order valence-corrected chi connectivity index (χ1v) is 4.90. The van der Waals surface area contributed by atoms with Crippen molar-refractivity contribution >= 4 is 17.8 Å². The number of aromatic hydroxyl groups is 1. The molecule has 1 aromatic carbocycles. The molecule has 1 N–H and O–H groups in total. The molecule has 4 heteroatoms. The first kappa shape index (κ1) is 9.84. The summed E-state index contributed by atoms with van der Waals surface area (Å²) in [7, 11) is 0. The molecule has 1 rings (SSSR count). The fraction of sp³-hybridized carbons (Fsp3) is 0.222. The van der Waals surface area contributed by atoms with Crippen LogP contribution in [0.3, 0.4) is 0 Å². The van der Waals surface area contributed by atoms with Gasteiger partial charge in [-0.2, -0.15) is 0 Å². The van der Waals surface area contributed by atoms with E-state index < -0.39 is 0 Å². The molecule has 13 heavy (non-hydrogen) atoms. The van der Waals surface area contributed by atoms with E-state index in [0.29, 0.717) is 0 Å². The van der Waals surface area contributed by atoms with Crippen LogP contribution in [0.5, 0.6) is 5.75 Å². The summed E-state index contributed by atoms with van der Waals surface area (Å²) in [4.78, 5) is 14.1. The van der Waals surface area contributed by atoms with E-state index in [1.807, 2.05) is 12.3 Å². The molecule has 3 nitrogen and oxygen atoms in total. The summed E-state index contributed by atoms with van der Waals surface area (Å²) in [5, 5.41) is 9.43. The second-order valence-corrected chi connectivity index (χ2v) is 3.19. The van der Waals surface area contributed by atoms with Crippen molar-refractivity contribution in [1.82, 2.24) is 0 Å². The zero-order valence-electron chi connectivity index (χ0n) is 7.15. The van der Waals surface area contributed by atoms with Crippen molar-refractivity contribution in [3.05, 3.63) is 23.8 Å². The number of thioether (sulfide) groups is 1. The van der Waals surface area contributed by atoms with Gasteiger partial charge in [-0.05, 0) is 17.9 Å². The Hall–Kier alpha value is -1.25. The van der Waals surface area contributed by atoms with Crippen LogP contribution in [-0.4, -0.2) is 17.4 Å². The smallest absolute Gasteiger partial charge is 0.235 e. The van der Waals surface area contributed by atoms with Gasteiger partial charge in [0.2, 0.25) is 6.08 Å². The fourth-order valence-corrected chi connectivity index (χ4v) is 1.72. The molecule has 0 unspecified atom stereocenters. The predicted octanol–water partition coefficient (Wildman–Crippen LogP) is 1.95. The summed E-state index contributed by atoms with van der Waals surface area (Å²) in [6.07, 6.45) is 3.34. The third-order valence-corrected chi connectivity index (χ3v) is 2.47. The third-order valence-electron chi connectivity index (χ3n) is 1.59. The number of benzene rings is 1. The van der Waals surface area contributed by atoms with Crippen molar-refractivity contribution in [1.29, 1.82) is 0 Å². The number of hydrogen-bond acceptors (Lipinski definition) is 4. The van der Waals surface area contributed by atoms with E-state index in [9.17, 15) is 9.90 Å². The van der Waals surface area contributed by atoms with E-state index in [-0.39, 0.29) is 12.3 Å². The van der Waals surface area contributed by atoms with Crippen molar-refractivity contribution in [2.24, 2.45) is 4.99 Å². The standard InChI is InChI=1S/C9H9NO2S/c1-13-9-7(5-10-6-11)3-2-4-8(9)12/h2-4,12H,5H2,1H3. The van der Waals surface area contributed by atoms with E-state index in [2.05, 4.69) is 4.99 Å². The zero-order chi connectivity index (χ0) is 9.68. The number of aliphatic imine (C=N–C) groups is 1. The number of carbonyl (C=O) groups excluding carboxylic acids is 1. The highest BCUT2D eigenvalue weighted by molar-refractivity contribution is 7.98. The minimum atomic E-state index is 0.228. The summed E-state index contributed by atoms with van der Waals surface area (Å²) >= 11 is 1.43. The fourth-order valence-electron chi connectivity index (χ4n) is 1.05. The van der Waals surface area contributed by atoms with Crippen molar-refractivity contribution in [2.45, 2.75) is 11.4 Å². The van der Waals surface area contributed by atoms with Gasteiger partial charge in [0.1, 0.15) is 5.75 Å². The molecule has 0 amide bonds. The molecular weight excluding hydrogens is 186 g/mol. The molecule has 0 fully saturated rings. The molecule has 0 atom stereocenters. The lowest BCUT2D eigenvalue weighted by Crippen LogP contribution is -1.85. The van der Waals surface area contributed by atoms with Gasteiger partial charge in [0, 0.05) is 0 Å². The summed E-state index contributed by atoms with van der Waals surface area (Å²) in [5.41, 5.74) is 0.843. The van der Waals surface area contributed by atoms with Gasteiger partial charge in [-0.25, -0.2) is 9.79 Å². The van der Waals surface area contributed by atoms with Crippen LogP contribution in [0.25, 0.3) is 0 Å². The van der Waals surface area contributed by atoms with Gasteiger partial charge < -0.3 is 5.11 Å². The maximum absolute atomic E-state index is 9.90. The van der Waals surface area contributed by atoms with Crippen LogP contribution in [0.1, 0.15) is 5.56 Å². The number of isocyanates is 1. The van der Waals surface area contributed by atoms with Crippen LogP contribution in [0.2, 0.25) is 0 Å². The Kier molecular flexibility index (Phi) is 3.55. The topological polar surface area (TPSA) is 49.7 Å². The second-order valence-electron chi connectivity index (χ2n) is 2.38. The normalized spacial score (nSPS) is 9.31. The molecule has 0 radical (unpaired) electrons. The lowest BCUT2D eigenvalue weighted by atomic mass is 10.2. The molecule has 0 saturated heterocycles. The molecule has 0 aliphatic rings. The molecule has 68 valence electrons. The molecule has 0 saturated carbocycles. The number of phenols is 1. The Labute approximate surface area is 80.5 Å². The first-order chi connectivity index (χ1) is 6.29. The molecule has 0 heterocycles. The van der Waals surface area contributed by atoms with E-state index in [1.165, 1.54) is 17.8 Å². The highest BCUT2D eigenvalue weighted by atomic mass is 32.2. The van der Waals surface area contributed by atoms with Crippen molar-refractivity contribution < 1.29 is 9.90 Å². The third kappa shape index (κ3) is 2.34. The van der Waals surface area contributed by atoms with Crippen LogP contribution < -0.4 is 0 Å². The average molecular weight is 195 g/mol. The van der Waals surface area contributed by atoms with Crippen molar-refractivity contribution in [3.63, 3.8) is 0 Å². The Morgan fingerprint density at radius 3 is 3.00 bits per heavy atom. The first-order valence-electron chi connectivity index (χ1n) is 3.68. The van der Waals surface area contributed by atoms with Gasteiger partial charge in [0.25, 0.3) is 0 Å². The summed E-state index contributed by atoms with van der Waals surface area (Å²) < 4.78 is 0. The minimum absolute atomic E-state index is 0.228. The van der Waals surface area contributed by atoms with Gasteiger partial charge in [-0.1, -0.05) is 12.1 Å². The van der Waals surface area contributed by atoms with E-state index in [1.54, 1.807) is 12.1 Å². The zero-order valence-corrected chi connectivity index (χ0v) is 7.97. The predicted molar refractivity (Wildman–Crippen MR) is 51.7 cm³/mol. The van der Waals surface area contributed by atoms with Crippen LogP contribution in [0, 0.1) is 0 Å². The number of phenolic OH excluding ortho intramolecular Hbond substituents is 1. The van der Waals surface area contributed by atoms with Gasteiger partial charge in [0.05, 0.1) is 11.4 Å². The van der Waals surface area contributed by atoms with Crippen LogP contribution in [0.15, 0.2) is 28.1 Å². The van der Waals surface area contributed by atoms with Crippen LogP contribution >= 0.6 is 11.8 Å². The quantitative estimate of drug-likeness (QED) is 0.455. The molecule has 0 spiro atoms. The number of rotatable bonds is 3. The Balaban J connectivity index is 3.04. The lowest BCUT2D eigenvalue weighted by molar-refractivity contribution is 0.461. The second kappa shape index (κ2) is 4.70. The van der Waals surface area contributed by atoms with Gasteiger partial charge >= 0.3 is 0 Å². The largest absolute Gasteiger partial charge is 0.507 e. The Morgan fingerprint density at radius 2 is 2.38 bits per heavy atom. The van der Waals surface area contributed by atoms with Crippen molar-refractivity contribution in [3.8, 4) is 5.75 Å². The lowest BCUT2D eigenvalue weighted by Gasteiger charge is -2.05. The summed E-state index contributed by atoms with van der Waals surface area (Å²) in [5.74, 6) is 0.228. The Morgan fingerprint density at radius 1 is 1.62 bits per heavy atom. The molecule has 1 aromatic rings. The molecule has 0 aliphatic carbocycles. The number of hydrogen-bond donors (Lipinski definition) is 1. The van der Waals surface area contributed by atoms with Crippen LogP contribution in [-0.2, 0) is 11.3 Å². The molecule has 0 aromatic heterocycles. The highest BCUT2D eigenvalue weighted by Gasteiger charge is 2.04. The van der Waals surface area contributed by atoms with Gasteiger partial charge in [0.15, 0.2) is 0 Å². The van der Waals surface area contributed by atoms with Crippen LogP contribution in [0.4, 0.5) is 0 Å². The van der Waals surface area contributed by atoms with Gasteiger partial charge in [-0.3, -0.25) is 0 Å². The highest BCUT2D eigenvalue weighted by Crippen LogP contribution is 2.30. The SMILES string of the molecule is CSc1c(O)cccc1CN=C=O. The van der Waals surface area contributed by atoms with E-state index in [0.717, 1.165) is 10.5 Å². The Bertz CT molecular complexity index is 345. The van der Waals surface area contributed by atoms with Crippen molar-refractivity contribution in [2.75, 3.05) is 6.26 Å². The molecule has 0 bridgehead atoms. The van der Waals surface area contributed by atoms with E-state index >= 15 is 0 Å². The minimum Gasteiger partial charge on any atom is -0.507 e. The maximum Gasteiger partial charge on any atom is 0.235 e. The average Bonchev–Trinajstić information content (AvgIpc) is 2.15. The van der Waals surface area contributed by atoms with Gasteiger partial charge in [-0.15, -0.1) is 11.8 Å². The summed E-state index contributed by atoms with van der Waals surface area (Å²) in [6.45, 7) is 0.272. The number of nitrogens with zero attached hydrogens (tertiary/aromatic N) is 1. The van der Waals surface area contributed by atoms with E-state index in [4.69, 9.17) is 0 Å². The maximum atomic E-state index is 9.90. The molecular formula is C9H9NO2S. The molecule has 0 aliphatic heterocycles. The summed E-state index contributed by atoms with van der Waals surface area (Å²) in [6, 6.07) is 5.16. The monoisotopic (exact) mass is 195 g/mol.